The molecule has 0 bridgehead atoms. The van der Waals surface area contributed by atoms with Gasteiger partial charge in [0, 0.05) is 0 Å². The lowest BCUT2D eigenvalue weighted by Gasteiger charge is -2.16. The summed E-state index contributed by atoms with van der Waals surface area (Å²) in [5, 5.41) is 1.37. The van der Waals surface area contributed by atoms with Gasteiger partial charge in [-0.25, -0.2) is 0 Å². The van der Waals surface area contributed by atoms with Gasteiger partial charge in [-0.1, -0.05) is 49.3 Å². The van der Waals surface area contributed by atoms with Gasteiger partial charge in [-0.05, 0) is 73.5 Å². The lowest BCUT2D eigenvalue weighted by atomic mass is 10.1. The molecule has 0 atom stereocenters. The second-order valence-corrected chi connectivity index (χ2v) is 9.87. The van der Waals surface area contributed by atoms with Gasteiger partial charge in [-0.15, -0.1) is 0 Å². The van der Waals surface area contributed by atoms with Crippen molar-refractivity contribution in [2.24, 2.45) is 5.92 Å². The zero-order valence-electron chi connectivity index (χ0n) is 18.8. The number of ether oxygens (including phenoxy) is 2. The Bertz CT molecular complexity index is 1120. The van der Waals surface area contributed by atoms with Crippen molar-refractivity contribution in [1.82, 2.24) is 10.4 Å². The molecule has 1 aliphatic rings. The Morgan fingerprint density at radius 3 is 2.64 bits per heavy atom. The summed E-state index contributed by atoms with van der Waals surface area (Å²) in [6.07, 6.45) is 1.71. The molecule has 1 N–H and O–H groups in total. The molecule has 1 aliphatic heterocycles. The highest BCUT2D eigenvalue weighted by atomic mass is 35.5. The highest BCUT2D eigenvalue weighted by Crippen LogP contribution is 2.34. The van der Waals surface area contributed by atoms with Crippen molar-refractivity contribution >= 4 is 57.8 Å². The van der Waals surface area contributed by atoms with Crippen LogP contribution in [0.3, 0.4) is 0 Å². The first-order valence-electron chi connectivity index (χ1n) is 10.4. The van der Waals surface area contributed by atoms with Crippen molar-refractivity contribution in [2.45, 2.75) is 27.7 Å². The molecule has 2 aromatic carbocycles. The van der Waals surface area contributed by atoms with Crippen LogP contribution in [0.15, 0.2) is 41.3 Å². The quantitative estimate of drug-likeness (QED) is 0.371. The molecule has 9 heteroatoms. The molecular weight excluding hydrogens is 480 g/mol. The van der Waals surface area contributed by atoms with Gasteiger partial charge in [0.1, 0.15) is 0 Å². The van der Waals surface area contributed by atoms with E-state index in [9.17, 15) is 9.59 Å². The Balaban J connectivity index is 1.78. The molecule has 0 spiro atoms. The Morgan fingerprint density at radius 1 is 1.21 bits per heavy atom. The fraction of sp³-hybridized carbons (Fsp3) is 0.292. The number of halogens is 1. The van der Waals surface area contributed by atoms with Crippen LogP contribution in [0, 0.1) is 12.8 Å². The topological polar surface area (TPSA) is 67.9 Å². The fourth-order valence-electron chi connectivity index (χ4n) is 2.94. The van der Waals surface area contributed by atoms with Crippen LogP contribution in [0.1, 0.15) is 42.3 Å². The van der Waals surface area contributed by atoms with Crippen LogP contribution < -0.4 is 14.9 Å². The number of carbonyl (C=O) groups excluding carboxylic acids is 2. The monoisotopic (exact) mass is 504 g/mol. The van der Waals surface area contributed by atoms with Gasteiger partial charge in [0.2, 0.25) is 0 Å². The molecule has 3 rings (SSSR count). The van der Waals surface area contributed by atoms with Crippen LogP contribution in [0.5, 0.6) is 11.5 Å². The third-order valence-corrected chi connectivity index (χ3v) is 6.13. The first kappa shape index (κ1) is 25.1. The van der Waals surface area contributed by atoms with Gasteiger partial charge in [0.15, 0.2) is 15.8 Å². The van der Waals surface area contributed by atoms with E-state index >= 15 is 0 Å². The largest absolute Gasteiger partial charge is 0.490 e. The number of thioether (sulfide) groups is 1. The highest BCUT2D eigenvalue weighted by molar-refractivity contribution is 8.26. The van der Waals surface area contributed by atoms with E-state index in [1.165, 1.54) is 0 Å². The number of rotatable bonds is 8. The molecule has 1 saturated heterocycles. The second-order valence-electron chi connectivity index (χ2n) is 7.79. The van der Waals surface area contributed by atoms with E-state index in [2.05, 4.69) is 19.3 Å². The molecule has 0 aromatic heterocycles. The van der Waals surface area contributed by atoms with Crippen molar-refractivity contribution < 1.29 is 19.1 Å². The average molecular weight is 505 g/mol. The maximum Gasteiger partial charge on any atom is 0.285 e. The number of hydrazine groups is 1. The van der Waals surface area contributed by atoms with Gasteiger partial charge in [-0.2, -0.15) is 5.01 Å². The van der Waals surface area contributed by atoms with Gasteiger partial charge in [-0.3, -0.25) is 15.0 Å². The number of benzene rings is 2. The van der Waals surface area contributed by atoms with Crippen LogP contribution in [-0.4, -0.2) is 34.4 Å². The lowest BCUT2D eigenvalue weighted by molar-refractivity contribution is -0.123. The Labute approximate surface area is 208 Å². The Kier molecular flexibility index (Phi) is 8.40. The number of nitrogens with one attached hydrogen (secondary N) is 1. The number of hydrogen-bond donors (Lipinski definition) is 1. The van der Waals surface area contributed by atoms with Crippen molar-refractivity contribution in [1.29, 1.82) is 0 Å². The number of amides is 2. The average Bonchev–Trinajstić information content (AvgIpc) is 3.00. The van der Waals surface area contributed by atoms with Gasteiger partial charge in [0.25, 0.3) is 11.8 Å². The minimum Gasteiger partial charge on any atom is -0.490 e. The molecule has 1 fully saturated rings. The van der Waals surface area contributed by atoms with E-state index < -0.39 is 11.8 Å². The number of hydrogen-bond acceptors (Lipinski definition) is 6. The summed E-state index contributed by atoms with van der Waals surface area (Å²) < 4.78 is 11.8. The molecule has 6 nitrogen and oxygen atoms in total. The maximum absolute atomic E-state index is 12.9. The molecule has 0 aliphatic carbocycles. The summed E-state index contributed by atoms with van der Waals surface area (Å²) in [5.41, 5.74) is 4.50. The van der Waals surface area contributed by atoms with Crippen molar-refractivity contribution in [3.63, 3.8) is 0 Å². The van der Waals surface area contributed by atoms with E-state index in [4.69, 9.17) is 33.3 Å². The predicted octanol–water partition coefficient (Wildman–Crippen LogP) is 5.63. The Morgan fingerprint density at radius 2 is 1.97 bits per heavy atom. The number of thiocarbonyl (C=S) groups is 1. The second kappa shape index (κ2) is 11.0. The summed E-state index contributed by atoms with van der Waals surface area (Å²) in [6, 6.07) is 10.5. The summed E-state index contributed by atoms with van der Waals surface area (Å²) in [5.74, 6) is 0.704. The SMILES string of the molecule is CCOc1cc(/C=C2\SC(=S)N(NC(=O)c3ccc(C)cc3Cl)C2=O)ccc1OCC(C)C. The molecule has 0 saturated carbocycles. The minimum atomic E-state index is -0.511. The van der Waals surface area contributed by atoms with Gasteiger partial charge in [0.05, 0.1) is 28.7 Å². The van der Waals surface area contributed by atoms with Crippen LogP contribution >= 0.6 is 35.6 Å². The lowest BCUT2D eigenvalue weighted by Crippen LogP contribution is -2.44. The smallest absolute Gasteiger partial charge is 0.285 e. The number of carbonyl (C=O) groups is 2. The third kappa shape index (κ3) is 6.28. The van der Waals surface area contributed by atoms with Crippen LogP contribution in [0.25, 0.3) is 6.08 Å². The molecule has 2 amide bonds. The summed E-state index contributed by atoms with van der Waals surface area (Å²) in [6.45, 7) is 8.97. The van der Waals surface area contributed by atoms with Crippen molar-refractivity contribution in [3.8, 4) is 11.5 Å². The maximum atomic E-state index is 12.9. The normalized spacial score (nSPS) is 14.8. The van der Waals surface area contributed by atoms with Gasteiger partial charge < -0.3 is 9.47 Å². The molecule has 33 heavy (non-hydrogen) atoms. The number of nitrogens with zero attached hydrogens (tertiary/aromatic N) is 1. The van der Waals surface area contributed by atoms with E-state index in [1.807, 2.05) is 32.0 Å². The van der Waals surface area contributed by atoms with E-state index in [0.717, 1.165) is 27.9 Å². The van der Waals surface area contributed by atoms with Crippen LogP contribution in [-0.2, 0) is 4.79 Å². The van der Waals surface area contributed by atoms with Crippen LogP contribution in [0.4, 0.5) is 0 Å². The summed E-state index contributed by atoms with van der Waals surface area (Å²) in [7, 11) is 0. The van der Waals surface area contributed by atoms with Gasteiger partial charge >= 0.3 is 0 Å². The zero-order valence-corrected chi connectivity index (χ0v) is 21.2. The van der Waals surface area contributed by atoms with E-state index in [1.54, 1.807) is 24.3 Å². The zero-order chi connectivity index (χ0) is 24.1. The fourth-order valence-corrected chi connectivity index (χ4v) is 4.44. The number of aryl methyl sites for hydroxylation is 1. The third-order valence-electron chi connectivity index (χ3n) is 4.51. The predicted molar refractivity (Wildman–Crippen MR) is 137 cm³/mol. The first-order chi connectivity index (χ1) is 15.7. The molecule has 174 valence electrons. The first-order valence-corrected chi connectivity index (χ1v) is 12.0. The van der Waals surface area contributed by atoms with Crippen molar-refractivity contribution in [2.75, 3.05) is 13.2 Å². The molecule has 0 unspecified atom stereocenters. The molecular formula is C24H25ClN2O4S2. The Hall–Kier alpha value is -2.55. The molecule has 1 heterocycles. The standard InChI is InChI=1S/C24H25ClN2O4S2/c1-5-30-20-11-16(7-9-19(20)31-13-14(2)3)12-21-23(29)27(24(32)33-21)26-22(28)17-8-6-15(4)10-18(17)25/h6-12,14H,5,13H2,1-4H3,(H,26,28)/b21-12-. The summed E-state index contributed by atoms with van der Waals surface area (Å²) >= 11 is 12.6. The van der Waals surface area contributed by atoms with E-state index in [-0.39, 0.29) is 9.88 Å². The van der Waals surface area contributed by atoms with Crippen molar-refractivity contribution in [3.05, 3.63) is 63.0 Å². The van der Waals surface area contributed by atoms with Crippen LogP contribution in [0.2, 0.25) is 5.02 Å². The summed E-state index contributed by atoms with van der Waals surface area (Å²) in [4.78, 5) is 26.0. The molecule has 0 radical (unpaired) electrons. The minimum absolute atomic E-state index is 0.227. The molecule has 2 aromatic rings. The highest BCUT2D eigenvalue weighted by Gasteiger charge is 2.34. The van der Waals surface area contributed by atoms with E-state index in [0.29, 0.717) is 40.6 Å².